The Morgan fingerprint density at radius 2 is 1.71 bits per heavy atom. The van der Waals surface area contributed by atoms with Crippen LogP contribution in [-0.4, -0.2) is 44.2 Å². The van der Waals surface area contributed by atoms with Crippen molar-refractivity contribution >= 4 is 28.4 Å². The molecule has 1 heterocycles. The molecule has 49 heavy (non-hydrogen) atoms. The van der Waals surface area contributed by atoms with E-state index in [1.807, 2.05) is 38.1 Å². The van der Waals surface area contributed by atoms with Gasteiger partial charge in [-0.3, -0.25) is 14.4 Å². The fourth-order valence-electron chi connectivity index (χ4n) is 7.52. The van der Waals surface area contributed by atoms with Gasteiger partial charge in [0.1, 0.15) is 6.04 Å². The maximum absolute atomic E-state index is 14.1. The fraction of sp³-hybridized carbons (Fsp3) is 0.410. The highest BCUT2D eigenvalue weighted by molar-refractivity contribution is 5.88. The van der Waals surface area contributed by atoms with E-state index in [0.717, 1.165) is 53.6 Å². The number of benzene rings is 2. The lowest BCUT2D eigenvalue weighted by Gasteiger charge is -2.29. The number of hydrogen-bond acceptors (Lipinski definition) is 7. The van der Waals surface area contributed by atoms with Crippen LogP contribution >= 0.6 is 0 Å². The van der Waals surface area contributed by atoms with Crippen LogP contribution < -0.4 is 35.6 Å². The van der Waals surface area contributed by atoms with E-state index in [-0.39, 0.29) is 29.2 Å². The zero-order chi connectivity index (χ0) is 34.8. The summed E-state index contributed by atoms with van der Waals surface area (Å²) in [5.41, 5.74) is 6.52. The van der Waals surface area contributed by atoms with Crippen molar-refractivity contribution in [1.82, 2.24) is 15.6 Å². The van der Waals surface area contributed by atoms with Crippen molar-refractivity contribution in [3.63, 3.8) is 0 Å². The molecule has 10 heteroatoms. The zero-order valence-electron chi connectivity index (χ0n) is 29.1. The number of amides is 2. The smallest absolute Gasteiger partial charge is 0.243 e. The maximum Gasteiger partial charge on any atom is 0.243 e. The third kappa shape index (κ3) is 6.44. The van der Waals surface area contributed by atoms with Gasteiger partial charge in [-0.2, -0.15) is 0 Å². The minimum Gasteiger partial charge on any atom is -0.493 e. The first-order valence-corrected chi connectivity index (χ1v) is 17.1. The number of carbonyl (C=O) groups excluding carboxylic acids is 2. The molecule has 1 aromatic heterocycles. The first kappa shape index (κ1) is 33.9. The Hall–Kier alpha value is -4.99. The number of rotatable bonds is 10. The highest BCUT2D eigenvalue weighted by Crippen LogP contribution is 2.50. The number of aryl methyl sites for hydroxylation is 2. The molecule has 4 aromatic rings. The molecule has 258 valence electrons. The van der Waals surface area contributed by atoms with Gasteiger partial charge in [0.05, 0.1) is 39.1 Å². The Labute approximate surface area is 286 Å². The van der Waals surface area contributed by atoms with Crippen molar-refractivity contribution in [1.29, 1.82) is 0 Å². The summed E-state index contributed by atoms with van der Waals surface area (Å²) in [5.74, 6) is 1.03. The molecule has 0 spiro atoms. The van der Waals surface area contributed by atoms with Crippen molar-refractivity contribution in [3.8, 4) is 28.4 Å². The summed E-state index contributed by atoms with van der Waals surface area (Å²) in [6.07, 6.45) is 4.66. The number of aromatic amines is 1. The van der Waals surface area contributed by atoms with E-state index in [9.17, 15) is 14.4 Å². The number of aromatic nitrogens is 1. The van der Waals surface area contributed by atoms with Crippen LogP contribution in [0.15, 0.2) is 53.3 Å². The van der Waals surface area contributed by atoms with Gasteiger partial charge >= 0.3 is 0 Å². The highest BCUT2D eigenvalue weighted by Gasteiger charge is 2.32. The zero-order valence-corrected chi connectivity index (χ0v) is 29.1. The predicted molar refractivity (Wildman–Crippen MR) is 192 cm³/mol. The number of ether oxygens (including phenoxy) is 3. The molecule has 4 atom stereocenters. The lowest BCUT2D eigenvalue weighted by molar-refractivity contribution is -0.123. The van der Waals surface area contributed by atoms with Crippen molar-refractivity contribution in [2.24, 2.45) is 5.92 Å². The molecular formula is C39H46N4O6. The number of para-hydroxylation sites is 1. The number of fused-ring (bicyclic) bond motifs is 6. The lowest BCUT2D eigenvalue weighted by atomic mass is 9.90. The second-order valence-corrected chi connectivity index (χ2v) is 13.1. The largest absolute Gasteiger partial charge is 0.493 e. The fourth-order valence-corrected chi connectivity index (χ4v) is 7.52. The summed E-state index contributed by atoms with van der Waals surface area (Å²) in [7, 11) is 4.70. The second kappa shape index (κ2) is 14.2. The van der Waals surface area contributed by atoms with E-state index in [1.165, 1.54) is 17.9 Å². The standard InChI is InChI=1S/C39H46N4O6/c1-7-21(2)35(39(46)43-31-14-10-12-26-24-11-8-9-13-28(24)41-36(26)31)42-30-18-16-25-27(20-32(30)45)29(40-22(3)44)17-15-23-19-33(47-4)37(48-5)38(49-6)34(23)25/h8-9,11,13,16,18-21,29,31,35,41H,7,10,12,14-15,17H2,1-6H3,(H,40,44)(H,42,45)(H,43,46)/t21-,29+,31-,35+/m1/s1. The molecule has 0 saturated heterocycles. The minimum atomic E-state index is -0.660. The normalized spacial score (nSPS) is 17.8. The predicted octanol–water partition coefficient (Wildman–Crippen LogP) is 6.36. The lowest BCUT2D eigenvalue weighted by Crippen LogP contribution is -2.46. The Morgan fingerprint density at radius 3 is 2.43 bits per heavy atom. The summed E-state index contributed by atoms with van der Waals surface area (Å²) in [4.78, 5) is 44.1. The SMILES string of the molecule is CC[C@@H](C)[C@H](Nc1ccc2c(cc1=O)[C@@H](NC(C)=O)CCc1cc(OC)c(OC)c(OC)c1-2)C(=O)N[C@@H]1CCCc2c1[nH]c1ccccc21. The number of hydrogen-bond donors (Lipinski definition) is 4. The van der Waals surface area contributed by atoms with Crippen molar-refractivity contribution in [2.75, 3.05) is 26.6 Å². The first-order valence-electron chi connectivity index (χ1n) is 17.1. The average Bonchev–Trinajstić information content (AvgIpc) is 3.33. The molecule has 0 aliphatic heterocycles. The molecule has 4 N–H and O–H groups in total. The Bertz CT molecular complexity index is 1950. The first-order chi connectivity index (χ1) is 23.7. The summed E-state index contributed by atoms with van der Waals surface area (Å²) in [6.45, 7) is 5.53. The second-order valence-electron chi connectivity index (χ2n) is 13.1. The number of nitrogens with one attached hydrogen (secondary N) is 4. The van der Waals surface area contributed by atoms with E-state index < -0.39 is 12.1 Å². The van der Waals surface area contributed by atoms with Crippen LogP contribution in [0.4, 0.5) is 5.69 Å². The van der Waals surface area contributed by atoms with Crippen LogP contribution in [0.1, 0.15) is 80.9 Å². The van der Waals surface area contributed by atoms with Crippen molar-refractivity contribution in [2.45, 2.75) is 77.4 Å². The van der Waals surface area contributed by atoms with Gasteiger partial charge in [-0.05, 0) is 84.5 Å². The number of anilines is 1. The summed E-state index contributed by atoms with van der Waals surface area (Å²) in [6, 6.07) is 14.1. The molecular weight excluding hydrogens is 620 g/mol. The highest BCUT2D eigenvalue weighted by atomic mass is 16.5. The Balaban J connectivity index is 1.40. The molecule has 10 nitrogen and oxygen atoms in total. The Kier molecular flexibility index (Phi) is 9.85. The van der Waals surface area contributed by atoms with E-state index in [1.54, 1.807) is 33.5 Å². The van der Waals surface area contributed by atoms with Crippen molar-refractivity contribution < 1.29 is 23.8 Å². The molecule has 0 bridgehead atoms. The molecule has 6 rings (SSSR count). The monoisotopic (exact) mass is 666 g/mol. The van der Waals surface area contributed by atoms with Crippen LogP contribution in [0, 0.1) is 5.92 Å². The van der Waals surface area contributed by atoms with E-state index in [4.69, 9.17) is 14.2 Å². The number of carbonyl (C=O) groups is 2. The minimum absolute atomic E-state index is 0.0711. The topological polar surface area (TPSA) is 131 Å². The van der Waals surface area contributed by atoms with E-state index >= 15 is 0 Å². The molecule has 0 fully saturated rings. The third-order valence-electron chi connectivity index (χ3n) is 10.2. The van der Waals surface area contributed by atoms with Gasteiger partial charge in [-0.1, -0.05) is 44.5 Å². The molecule has 3 aromatic carbocycles. The molecule has 0 unspecified atom stereocenters. The van der Waals surface area contributed by atoms with Crippen LogP contribution in [0.2, 0.25) is 0 Å². The number of methoxy groups -OCH3 is 3. The Morgan fingerprint density at radius 1 is 0.939 bits per heavy atom. The van der Waals surface area contributed by atoms with Crippen LogP contribution in [0.25, 0.3) is 22.0 Å². The molecule has 0 saturated carbocycles. The van der Waals surface area contributed by atoms with E-state index in [2.05, 4.69) is 33.1 Å². The van der Waals surface area contributed by atoms with Gasteiger partial charge in [-0.25, -0.2) is 0 Å². The molecule has 2 amide bonds. The maximum atomic E-state index is 14.1. The van der Waals surface area contributed by atoms with Crippen LogP contribution in [0.5, 0.6) is 17.2 Å². The summed E-state index contributed by atoms with van der Waals surface area (Å²) >= 11 is 0. The van der Waals surface area contributed by atoms with Crippen LogP contribution in [-0.2, 0) is 22.4 Å². The van der Waals surface area contributed by atoms with E-state index in [0.29, 0.717) is 41.3 Å². The average molecular weight is 667 g/mol. The van der Waals surface area contributed by atoms with Gasteiger partial charge in [0.15, 0.2) is 11.5 Å². The van der Waals surface area contributed by atoms with Crippen molar-refractivity contribution in [3.05, 3.63) is 81.1 Å². The summed E-state index contributed by atoms with van der Waals surface area (Å²) in [5, 5.41) is 10.9. The molecule has 2 aliphatic carbocycles. The van der Waals surface area contributed by atoms with Gasteiger partial charge in [0.2, 0.25) is 23.0 Å². The quantitative estimate of drug-likeness (QED) is 0.155. The van der Waals surface area contributed by atoms with Gasteiger partial charge in [0, 0.05) is 29.1 Å². The third-order valence-corrected chi connectivity index (χ3v) is 10.2. The number of H-pyrrole nitrogens is 1. The van der Waals surface area contributed by atoms with Crippen LogP contribution in [0.3, 0.4) is 0 Å². The molecule has 2 aliphatic rings. The van der Waals surface area contributed by atoms with Gasteiger partial charge < -0.3 is 35.1 Å². The summed E-state index contributed by atoms with van der Waals surface area (Å²) < 4.78 is 17.3. The molecule has 0 radical (unpaired) electrons. The van der Waals surface area contributed by atoms with Gasteiger partial charge in [0.25, 0.3) is 0 Å². The van der Waals surface area contributed by atoms with Gasteiger partial charge in [-0.15, -0.1) is 0 Å².